The second-order valence-corrected chi connectivity index (χ2v) is 7.49. The molecule has 2 saturated heterocycles. The summed E-state index contributed by atoms with van der Waals surface area (Å²) in [5.41, 5.74) is 0. The molecule has 2 aliphatic rings. The van der Waals surface area contributed by atoms with Gasteiger partial charge in [-0.3, -0.25) is 9.69 Å². The predicted molar refractivity (Wildman–Crippen MR) is 84.7 cm³/mol. The van der Waals surface area contributed by atoms with Crippen LogP contribution in [0.1, 0.15) is 17.7 Å². The second kappa shape index (κ2) is 7.09. The van der Waals surface area contributed by atoms with Crippen LogP contribution in [0.4, 0.5) is 0 Å². The summed E-state index contributed by atoms with van der Waals surface area (Å²) in [6.45, 7) is 5.99. The van der Waals surface area contributed by atoms with Gasteiger partial charge in [0, 0.05) is 56.7 Å². The number of carbonyl (C=O) groups is 1. The standard InChI is InChI=1S/C15H21ClN2O2S/c16-14-2-1-13(21-14)11-17-5-7-18(8-6-17)15(19)12-3-9-20-10-4-12/h1-2,12H,3-11H2. The van der Waals surface area contributed by atoms with E-state index >= 15 is 0 Å². The largest absolute Gasteiger partial charge is 0.381 e. The molecule has 21 heavy (non-hydrogen) atoms. The number of hydrogen-bond donors (Lipinski definition) is 0. The van der Waals surface area contributed by atoms with Gasteiger partial charge >= 0.3 is 0 Å². The van der Waals surface area contributed by atoms with Crippen LogP contribution in [0.25, 0.3) is 0 Å². The number of hydrogen-bond acceptors (Lipinski definition) is 4. The molecule has 1 amide bonds. The molecule has 1 aromatic heterocycles. The third-order valence-corrected chi connectivity index (χ3v) is 5.48. The fraction of sp³-hybridized carbons (Fsp3) is 0.667. The van der Waals surface area contributed by atoms with E-state index in [1.54, 1.807) is 11.3 Å². The number of halogens is 1. The van der Waals surface area contributed by atoms with E-state index in [1.165, 1.54) is 4.88 Å². The Morgan fingerprint density at radius 2 is 1.95 bits per heavy atom. The summed E-state index contributed by atoms with van der Waals surface area (Å²) in [6.07, 6.45) is 1.76. The minimum atomic E-state index is 0.182. The Morgan fingerprint density at radius 1 is 1.24 bits per heavy atom. The number of ether oxygens (including phenoxy) is 1. The van der Waals surface area contributed by atoms with Crippen LogP contribution < -0.4 is 0 Å². The molecule has 0 radical (unpaired) electrons. The van der Waals surface area contributed by atoms with Gasteiger partial charge in [0.1, 0.15) is 0 Å². The molecule has 2 fully saturated rings. The van der Waals surface area contributed by atoms with Gasteiger partial charge in [0.25, 0.3) is 0 Å². The van der Waals surface area contributed by atoms with E-state index in [-0.39, 0.29) is 5.92 Å². The number of amides is 1. The van der Waals surface area contributed by atoms with Crippen molar-refractivity contribution in [1.82, 2.24) is 9.80 Å². The number of nitrogens with zero attached hydrogens (tertiary/aromatic N) is 2. The van der Waals surface area contributed by atoms with E-state index < -0.39 is 0 Å². The van der Waals surface area contributed by atoms with Crippen LogP contribution in [-0.2, 0) is 16.1 Å². The fourth-order valence-corrected chi connectivity index (χ4v) is 4.12. The van der Waals surface area contributed by atoms with Gasteiger partial charge in [-0.05, 0) is 25.0 Å². The first kappa shape index (κ1) is 15.3. The molecule has 0 aliphatic carbocycles. The van der Waals surface area contributed by atoms with Crippen molar-refractivity contribution < 1.29 is 9.53 Å². The molecule has 0 saturated carbocycles. The molecule has 6 heteroatoms. The molecule has 0 N–H and O–H groups in total. The van der Waals surface area contributed by atoms with E-state index in [9.17, 15) is 4.79 Å². The number of thiophene rings is 1. The van der Waals surface area contributed by atoms with Crippen LogP contribution in [0.5, 0.6) is 0 Å². The molecular formula is C15H21ClN2O2S. The van der Waals surface area contributed by atoms with Crippen molar-refractivity contribution in [2.45, 2.75) is 19.4 Å². The van der Waals surface area contributed by atoms with Crippen LogP contribution in [0.15, 0.2) is 12.1 Å². The van der Waals surface area contributed by atoms with Crippen molar-refractivity contribution in [2.75, 3.05) is 39.4 Å². The average molecular weight is 329 g/mol. The third-order valence-electron chi connectivity index (χ3n) is 4.26. The summed E-state index contributed by atoms with van der Waals surface area (Å²) in [7, 11) is 0. The van der Waals surface area contributed by atoms with Gasteiger partial charge in [0.15, 0.2) is 0 Å². The minimum Gasteiger partial charge on any atom is -0.381 e. The van der Waals surface area contributed by atoms with Gasteiger partial charge in [-0.15, -0.1) is 11.3 Å². The van der Waals surface area contributed by atoms with Gasteiger partial charge in [0.2, 0.25) is 5.91 Å². The molecule has 0 bridgehead atoms. The maximum atomic E-state index is 12.5. The minimum absolute atomic E-state index is 0.182. The maximum Gasteiger partial charge on any atom is 0.225 e. The predicted octanol–water partition coefficient (Wildman–Crippen LogP) is 2.47. The number of piperazine rings is 1. The van der Waals surface area contributed by atoms with Crippen molar-refractivity contribution in [2.24, 2.45) is 5.92 Å². The highest BCUT2D eigenvalue weighted by Crippen LogP contribution is 2.23. The summed E-state index contributed by atoms with van der Waals surface area (Å²) in [6, 6.07) is 4.04. The molecule has 116 valence electrons. The molecule has 0 unspecified atom stereocenters. The Kier molecular flexibility index (Phi) is 5.16. The van der Waals surface area contributed by atoms with Crippen LogP contribution in [0.2, 0.25) is 4.34 Å². The highest BCUT2D eigenvalue weighted by Gasteiger charge is 2.28. The summed E-state index contributed by atoms with van der Waals surface area (Å²) < 4.78 is 6.18. The van der Waals surface area contributed by atoms with E-state index in [2.05, 4.69) is 11.0 Å². The van der Waals surface area contributed by atoms with Crippen LogP contribution in [-0.4, -0.2) is 55.1 Å². The lowest BCUT2D eigenvalue weighted by atomic mass is 9.98. The molecule has 4 nitrogen and oxygen atoms in total. The second-order valence-electron chi connectivity index (χ2n) is 5.69. The summed E-state index contributed by atoms with van der Waals surface area (Å²) >= 11 is 7.61. The van der Waals surface area contributed by atoms with E-state index in [0.717, 1.165) is 63.1 Å². The van der Waals surface area contributed by atoms with Crippen molar-refractivity contribution in [3.63, 3.8) is 0 Å². The third kappa shape index (κ3) is 3.97. The Balaban J connectivity index is 1.47. The van der Waals surface area contributed by atoms with Crippen molar-refractivity contribution in [1.29, 1.82) is 0 Å². The maximum absolute atomic E-state index is 12.5. The lowest BCUT2D eigenvalue weighted by Gasteiger charge is -2.37. The van der Waals surface area contributed by atoms with E-state index in [1.807, 2.05) is 11.0 Å². The topological polar surface area (TPSA) is 32.8 Å². The molecule has 0 atom stereocenters. The summed E-state index contributed by atoms with van der Waals surface area (Å²) in [4.78, 5) is 18.2. The van der Waals surface area contributed by atoms with Gasteiger partial charge < -0.3 is 9.64 Å². The number of rotatable bonds is 3. The lowest BCUT2D eigenvalue weighted by Crippen LogP contribution is -2.50. The summed E-state index contributed by atoms with van der Waals surface area (Å²) in [5, 5.41) is 0. The first-order valence-corrected chi connectivity index (χ1v) is 8.75. The molecule has 3 rings (SSSR count). The zero-order valence-electron chi connectivity index (χ0n) is 12.1. The molecule has 1 aromatic rings. The van der Waals surface area contributed by atoms with Gasteiger partial charge in [-0.1, -0.05) is 11.6 Å². The first-order valence-electron chi connectivity index (χ1n) is 7.55. The smallest absolute Gasteiger partial charge is 0.225 e. The Morgan fingerprint density at radius 3 is 2.57 bits per heavy atom. The Hall–Kier alpha value is -0.620. The number of carbonyl (C=O) groups excluding carboxylic acids is 1. The zero-order valence-corrected chi connectivity index (χ0v) is 13.7. The molecule has 3 heterocycles. The molecule has 0 aromatic carbocycles. The fourth-order valence-electron chi connectivity index (χ4n) is 2.99. The van der Waals surface area contributed by atoms with Crippen molar-refractivity contribution in [3.05, 3.63) is 21.3 Å². The molecular weight excluding hydrogens is 308 g/mol. The van der Waals surface area contributed by atoms with E-state index in [0.29, 0.717) is 5.91 Å². The zero-order chi connectivity index (χ0) is 14.7. The lowest BCUT2D eigenvalue weighted by molar-refractivity contribution is -0.140. The summed E-state index contributed by atoms with van der Waals surface area (Å²) in [5.74, 6) is 0.513. The normalized spacial score (nSPS) is 21.7. The highest BCUT2D eigenvalue weighted by molar-refractivity contribution is 7.16. The van der Waals surface area contributed by atoms with Gasteiger partial charge in [0.05, 0.1) is 4.34 Å². The Labute approximate surface area is 134 Å². The average Bonchev–Trinajstić information content (AvgIpc) is 2.93. The monoisotopic (exact) mass is 328 g/mol. The van der Waals surface area contributed by atoms with E-state index in [4.69, 9.17) is 16.3 Å². The van der Waals surface area contributed by atoms with Crippen LogP contribution >= 0.6 is 22.9 Å². The van der Waals surface area contributed by atoms with Gasteiger partial charge in [-0.2, -0.15) is 0 Å². The SMILES string of the molecule is O=C(C1CCOCC1)N1CCN(Cc2ccc(Cl)s2)CC1. The van der Waals surface area contributed by atoms with Crippen LogP contribution in [0, 0.1) is 5.92 Å². The van der Waals surface area contributed by atoms with Crippen LogP contribution in [0.3, 0.4) is 0 Å². The molecule has 0 spiro atoms. The van der Waals surface area contributed by atoms with Gasteiger partial charge in [-0.25, -0.2) is 0 Å². The first-order chi connectivity index (χ1) is 10.2. The molecule has 2 aliphatic heterocycles. The van der Waals surface area contributed by atoms with Crippen molar-refractivity contribution >= 4 is 28.8 Å². The highest BCUT2D eigenvalue weighted by atomic mass is 35.5. The quantitative estimate of drug-likeness (QED) is 0.854. The van der Waals surface area contributed by atoms with Crippen molar-refractivity contribution in [3.8, 4) is 0 Å². The Bertz CT molecular complexity index is 480.